The van der Waals surface area contributed by atoms with Gasteiger partial charge in [-0.3, -0.25) is 0 Å². The highest BCUT2D eigenvalue weighted by atomic mass is 32.2. The average Bonchev–Trinajstić information content (AvgIpc) is 2.38. The summed E-state index contributed by atoms with van der Waals surface area (Å²) in [4.78, 5) is 1.73. The van der Waals surface area contributed by atoms with Crippen LogP contribution in [0.25, 0.3) is 0 Å². The smallest absolute Gasteiger partial charge is 0.0105 e. The lowest BCUT2D eigenvalue weighted by Gasteiger charge is -2.26. The van der Waals surface area contributed by atoms with Crippen molar-refractivity contribution in [1.82, 2.24) is 0 Å². The second kappa shape index (κ2) is 6.74. The van der Waals surface area contributed by atoms with Crippen LogP contribution in [-0.2, 0) is 0 Å². The Labute approximate surface area is 105 Å². The fourth-order valence-corrected chi connectivity index (χ4v) is 4.19. The molecular formula is C15H26S. The summed E-state index contributed by atoms with van der Waals surface area (Å²) in [5, 5.41) is 0. The van der Waals surface area contributed by atoms with Crippen molar-refractivity contribution in [3.05, 3.63) is 11.0 Å². The lowest BCUT2D eigenvalue weighted by atomic mass is 9.85. The predicted octanol–water partition coefficient (Wildman–Crippen LogP) is 5.39. The van der Waals surface area contributed by atoms with Crippen LogP contribution in [-0.4, -0.2) is 6.26 Å². The molecule has 2 aliphatic rings. The van der Waals surface area contributed by atoms with Crippen molar-refractivity contribution < 1.29 is 0 Å². The zero-order valence-corrected chi connectivity index (χ0v) is 11.5. The molecule has 0 atom stereocenters. The zero-order chi connectivity index (χ0) is 11.2. The quantitative estimate of drug-likeness (QED) is 0.635. The van der Waals surface area contributed by atoms with Gasteiger partial charge in [-0.2, -0.15) is 0 Å². The molecule has 16 heavy (non-hydrogen) atoms. The molecule has 0 unspecified atom stereocenters. The largest absolute Gasteiger partial charge is 0.134 e. The monoisotopic (exact) mass is 238 g/mol. The maximum absolute atomic E-state index is 2.65. The van der Waals surface area contributed by atoms with Crippen LogP contribution in [0.2, 0.25) is 0 Å². The number of thioether (sulfide) groups is 1. The van der Waals surface area contributed by atoms with Gasteiger partial charge in [0.15, 0.2) is 0 Å². The van der Waals surface area contributed by atoms with Gasteiger partial charge in [-0.1, -0.05) is 44.6 Å². The lowest BCUT2D eigenvalue weighted by molar-refractivity contribution is 0.397. The molecule has 0 bridgehead atoms. The molecule has 0 radical (unpaired) electrons. The Hall–Kier alpha value is 0.0900. The first-order valence-electron chi connectivity index (χ1n) is 7.16. The van der Waals surface area contributed by atoms with Crippen LogP contribution >= 0.6 is 11.8 Å². The zero-order valence-electron chi connectivity index (χ0n) is 10.7. The highest BCUT2D eigenvalue weighted by Gasteiger charge is 2.19. The Balaban J connectivity index is 1.93. The van der Waals surface area contributed by atoms with Crippen molar-refractivity contribution in [1.29, 1.82) is 0 Å². The van der Waals surface area contributed by atoms with Crippen LogP contribution in [0.5, 0.6) is 0 Å². The van der Waals surface area contributed by atoms with Crippen LogP contribution in [0.4, 0.5) is 0 Å². The predicted molar refractivity (Wildman–Crippen MR) is 74.7 cm³/mol. The summed E-state index contributed by atoms with van der Waals surface area (Å²) in [5.74, 6) is 1.84. The minimum atomic E-state index is 0.915. The molecule has 2 aliphatic carbocycles. The van der Waals surface area contributed by atoms with E-state index in [1.165, 1.54) is 64.2 Å². The fraction of sp³-hybridized carbons (Fsp3) is 0.867. The Bertz CT molecular complexity index is 220. The average molecular weight is 238 g/mol. The SMILES string of the molecule is CS/C(=C\C1CCCCC1)C1CCCCC1. The normalized spacial score (nSPS) is 25.9. The molecule has 0 nitrogen and oxygen atoms in total. The molecule has 0 aromatic carbocycles. The molecule has 2 rings (SSSR count). The number of hydrogen-bond acceptors (Lipinski definition) is 1. The molecule has 0 N–H and O–H groups in total. The van der Waals surface area contributed by atoms with E-state index in [-0.39, 0.29) is 0 Å². The van der Waals surface area contributed by atoms with Crippen LogP contribution in [0.1, 0.15) is 64.2 Å². The maximum Gasteiger partial charge on any atom is -0.0105 e. The Kier molecular flexibility index (Phi) is 5.28. The van der Waals surface area contributed by atoms with E-state index >= 15 is 0 Å². The van der Waals surface area contributed by atoms with Crippen molar-refractivity contribution in [3.8, 4) is 0 Å². The number of hydrogen-bond donors (Lipinski definition) is 0. The molecule has 0 aromatic rings. The molecule has 0 heterocycles. The van der Waals surface area contributed by atoms with E-state index < -0.39 is 0 Å². The minimum Gasteiger partial charge on any atom is -0.134 e. The standard InChI is InChI=1S/C15H26S/c1-16-15(14-10-6-3-7-11-14)12-13-8-4-2-5-9-13/h12-14H,2-11H2,1H3/b15-12-. The third-order valence-electron chi connectivity index (χ3n) is 4.29. The lowest BCUT2D eigenvalue weighted by Crippen LogP contribution is -2.10. The van der Waals surface area contributed by atoms with Crippen molar-refractivity contribution >= 4 is 11.8 Å². The number of allylic oxidation sites excluding steroid dienone is 2. The molecule has 0 saturated heterocycles. The Morgan fingerprint density at radius 3 is 2.00 bits per heavy atom. The first-order chi connectivity index (χ1) is 7.90. The van der Waals surface area contributed by atoms with Gasteiger partial charge in [0.05, 0.1) is 0 Å². The van der Waals surface area contributed by atoms with Gasteiger partial charge in [-0.05, 0) is 48.7 Å². The second-order valence-electron chi connectivity index (χ2n) is 5.51. The summed E-state index contributed by atoms with van der Waals surface area (Å²) in [6.45, 7) is 0. The van der Waals surface area contributed by atoms with Gasteiger partial charge in [0.25, 0.3) is 0 Å². The third kappa shape index (κ3) is 3.55. The van der Waals surface area contributed by atoms with Gasteiger partial charge >= 0.3 is 0 Å². The molecule has 1 heteroatoms. The van der Waals surface area contributed by atoms with E-state index in [0.717, 1.165) is 11.8 Å². The first-order valence-corrected chi connectivity index (χ1v) is 8.38. The first kappa shape index (κ1) is 12.5. The van der Waals surface area contributed by atoms with Gasteiger partial charge in [0.1, 0.15) is 0 Å². The summed E-state index contributed by atoms with van der Waals surface area (Å²) in [5.41, 5.74) is 0. The Morgan fingerprint density at radius 2 is 1.44 bits per heavy atom. The van der Waals surface area contributed by atoms with Gasteiger partial charge < -0.3 is 0 Å². The summed E-state index contributed by atoms with van der Waals surface area (Å²) in [7, 11) is 0. The maximum atomic E-state index is 2.65. The molecule has 0 spiro atoms. The van der Waals surface area contributed by atoms with E-state index in [0.29, 0.717) is 0 Å². The molecular weight excluding hydrogens is 212 g/mol. The number of rotatable bonds is 3. The second-order valence-corrected chi connectivity index (χ2v) is 6.39. The van der Waals surface area contributed by atoms with E-state index in [9.17, 15) is 0 Å². The summed E-state index contributed by atoms with van der Waals surface area (Å²) in [6, 6.07) is 0. The summed E-state index contributed by atoms with van der Waals surface area (Å²) < 4.78 is 0. The van der Waals surface area contributed by atoms with Crippen LogP contribution in [0.15, 0.2) is 11.0 Å². The fourth-order valence-electron chi connectivity index (χ4n) is 3.29. The van der Waals surface area contributed by atoms with Crippen molar-refractivity contribution in [2.75, 3.05) is 6.26 Å². The van der Waals surface area contributed by atoms with Crippen molar-refractivity contribution in [3.63, 3.8) is 0 Å². The summed E-state index contributed by atoms with van der Waals surface area (Å²) >= 11 is 2.03. The van der Waals surface area contributed by atoms with E-state index in [1.54, 1.807) is 4.91 Å². The van der Waals surface area contributed by atoms with E-state index in [1.807, 2.05) is 11.8 Å². The van der Waals surface area contributed by atoms with Gasteiger partial charge in [-0.25, -0.2) is 0 Å². The minimum absolute atomic E-state index is 0.915. The van der Waals surface area contributed by atoms with Crippen LogP contribution < -0.4 is 0 Å². The Morgan fingerprint density at radius 1 is 0.875 bits per heavy atom. The van der Waals surface area contributed by atoms with E-state index in [2.05, 4.69) is 12.3 Å². The molecule has 0 amide bonds. The topological polar surface area (TPSA) is 0 Å². The molecule has 0 aliphatic heterocycles. The van der Waals surface area contributed by atoms with Crippen LogP contribution in [0, 0.1) is 11.8 Å². The third-order valence-corrected chi connectivity index (χ3v) is 5.23. The van der Waals surface area contributed by atoms with Crippen molar-refractivity contribution in [2.24, 2.45) is 11.8 Å². The van der Waals surface area contributed by atoms with Gasteiger partial charge in [0, 0.05) is 0 Å². The van der Waals surface area contributed by atoms with E-state index in [4.69, 9.17) is 0 Å². The van der Waals surface area contributed by atoms with Crippen molar-refractivity contribution in [2.45, 2.75) is 64.2 Å². The molecule has 2 saturated carbocycles. The van der Waals surface area contributed by atoms with Gasteiger partial charge in [0.2, 0.25) is 0 Å². The molecule has 92 valence electrons. The summed E-state index contributed by atoms with van der Waals surface area (Å²) in [6.07, 6.45) is 19.6. The van der Waals surface area contributed by atoms with Gasteiger partial charge in [-0.15, -0.1) is 11.8 Å². The molecule has 0 aromatic heterocycles. The highest BCUT2D eigenvalue weighted by Crippen LogP contribution is 2.37. The highest BCUT2D eigenvalue weighted by molar-refractivity contribution is 8.02. The van der Waals surface area contributed by atoms with Crippen LogP contribution in [0.3, 0.4) is 0 Å². The molecule has 2 fully saturated rings.